The molecule has 8 heavy (non-hydrogen) atoms. The molecule has 0 aliphatic heterocycles. The minimum atomic E-state index is -0.000000000000000222. The first kappa shape index (κ1) is 7.45. The van der Waals surface area contributed by atoms with E-state index < -0.39 is 0 Å². The topological polar surface area (TPSA) is 33.0 Å². The van der Waals surface area contributed by atoms with Crippen LogP contribution in [0.1, 0.15) is 13.8 Å². The van der Waals surface area contributed by atoms with E-state index in [1.54, 1.807) is 7.11 Å². The highest BCUT2D eigenvalue weighted by atomic mass is 16.5. The lowest BCUT2D eigenvalue weighted by molar-refractivity contribution is 0.0922. The number of nitrogens with zero attached hydrogens (tertiary/aromatic N) is 1. The van der Waals surface area contributed by atoms with Crippen molar-refractivity contribution in [1.82, 2.24) is 0 Å². The van der Waals surface area contributed by atoms with E-state index in [1.165, 1.54) is 0 Å². The molecule has 0 amide bonds. The largest absolute Gasteiger partial charge is 0.380 e. The number of methoxy groups -OCH3 is 1. The van der Waals surface area contributed by atoms with Gasteiger partial charge in [-0.2, -0.15) is 5.26 Å². The SMILES string of the molecule is CO[C@@H](C)C(C)C#N. The Balaban J connectivity index is 3.49. The van der Waals surface area contributed by atoms with Crippen molar-refractivity contribution in [2.45, 2.75) is 20.0 Å². The second kappa shape index (κ2) is 3.45. The van der Waals surface area contributed by atoms with Gasteiger partial charge in [0.15, 0.2) is 0 Å². The zero-order valence-electron chi connectivity index (χ0n) is 5.51. The van der Waals surface area contributed by atoms with Gasteiger partial charge in [0.1, 0.15) is 0 Å². The van der Waals surface area contributed by atoms with Gasteiger partial charge in [-0.3, -0.25) is 0 Å². The van der Waals surface area contributed by atoms with Gasteiger partial charge in [-0.25, -0.2) is 0 Å². The Kier molecular flexibility index (Phi) is 3.21. The fourth-order valence-corrected chi connectivity index (χ4v) is 0.309. The van der Waals surface area contributed by atoms with Crippen molar-refractivity contribution in [2.24, 2.45) is 5.92 Å². The summed E-state index contributed by atoms with van der Waals surface area (Å²) in [6, 6.07) is 2.09. The monoisotopic (exact) mass is 113 g/mol. The van der Waals surface area contributed by atoms with E-state index >= 15 is 0 Å². The molecular formula is C6H11NO. The molecule has 0 saturated heterocycles. The van der Waals surface area contributed by atoms with E-state index in [4.69, 9.17) is 10.00 Å². The predicted molar refractivity (Wildman–Crippen MR) is 31.2 cm³/mol. The summed E-state index contributed by atoms with van der Waals surface area (Å²) in [6.45, 7) is 3.72. The van der Waals surface area contributed by atoms with Crippen LogP contribution in [0.25, 0.3) is 0 Å². The van der Waals surface area contributed by atoms with Gasteiger partial charge in [-0.1, -0.05) is 0 Å². The molecular weight excluding hydrogens is 102 g/mol. The molecule has 46 valence electrons. The first-order chi connectivity index (χ1) is 3.72. The minimum Gasteiger partial charge on any atom is -0.380 e. The lowest BCUT2D eigenvalue weighted by Crippen LogP contribution is -2.13. The average Bonchev–Trinajstić information content (AvgIpc) is 1.84. The molecule has 0 spiro atoms. The van der Waals surface area contributed by atoms with Crippen LogP contribution in [0.15, 0.2) is 0 Å². The van der Waals surface area contributed by atoms with Crippen LogP contribution < -0.4 is 0 Å². The standard InChI is InChI=1S/C6H11NO/c1-5(4-7)6(2)8-3/h5-6H,1-3H3/t5?,6-/m0/s1. The molecule has 2 atom stereocenters. The first-order valence-corrected chi connectivity index (χ1v) is 2.64. The van der Waals surface area contributed by atoms with E-state index in [0.717, 1.165) is 0 Å². The van der Waals surface area contributed by atoms with Crippen LogP contribution >= 0.6 is 0 Å². The lowest BCUT2D eigenvalue weighted by atomic mass is 10.1. The highest BCUT2D eigenvalue weighted by Crippen LogP contribution is 2.02. The van der Waals surface area contributed by atoms with Crippen LogP contribution in [0.3, 0.4) is 0 Å². The molecule has 0 aliphatic rings. The molecule has 0 aromatic heterocycles. The summed E-state index contributed by atoms with van der Waals surface area (Å²) in [5.74, 6) is -0.000000000000000222. The Labute approximate surface area is 50.1 Å². The van der Waals surface area contributed by atoms with Gasteiger partial charge in [0.25, 0.3) is 0 Å². The van der Waals surface area contributed by atoms with Gasteiger partial charge >= 0.3 is 0 Å². The van der Waals surface area contributed by atoms with Crippen LogP contribution in [-0.2, 0) is 4.74 Å². The molecule has 0 aliphatic carbocycles. The van der Waals surface area contributed by atoms with Gasteiger partial charge in [0.05, 0.1) is 18.1 Å². The Morgan fingerprint density at radius 2 is 2.00 bits per heavy atom. The van der Waals surface area contributed by atoms with Gasteiger partial charge < -0.3 is 4.74 Å². The maximum Gasteiger partial charge on any atom is 0.0698 e. The molecule has 0 aromatic carbocycles. The molecule has 2 heteroatoms. The van der Waals surface area contributed by atoms with Crippen LogP contribution in [-0.4, -0.2) is 13.2 Å². The smallest absolute Gasteiger partial charge is 0.0698 e. The molecule has 2 nitrogen and oxygen atoms in total. The average molecular weight is 113 g/mol. The number of rotatable bonds is 2. The maximum absolute atomic E-state index is 8.31. The van der Waals surface area contributed by atoms with Crippen molar-refractivity contribution in [3.63, 3.8) is 0 Å². The Bertz CT molecular complexity index is 95.2. The molecule has 1 unspecified atom stereocenters. The van der Waals surface area contributed by atoms with Crippen molar-refractivity contribution in [3.05, 3.63) is 0 Å². The quantitative estimate of drug-likeness (QED) is 0.538. The van der Waals surface area contributed by atoms with Crippen molar-refractivity contribution >= 4 is 0 Å². The summed E-state index contributed by atoms with van der Waals surface area (Å²) in [5, 5.41) is 8.31. The fraction of sp³-hybridized carbons (Fsp3) is 0.833. The van der Waals surface area contributed by atoms with Gasteiger partial charge in [0, 0.05) is 7.11 Å². The molecule has 0 radical (unpaired) electrons. The highest BCUT2D eigenvalue weighted by Gasteiger charge is 2.07. The van der Waals surface area contributed by atoms with Crippen molar-refractivity contribution < 1.29 is 4.74 Å². The molecule has 0 heterocycles. The highest BCUT2D eigenvalue weighted by molar-refractivity contribution is 4.82. The fourth-order valence-electron chi connectivity index (χ4n) is 0.309. The second-order valence-corrected chi connectivity index (χ2v) is 1.86. The summed E-state index contributed by atoms with van der Waals surface area (Å²) < 4.78 is 4.88. The maximum atomic E-state index is 8.31. The van der Waals surface area contributed by atoms with E-state index in [-0.39, 0.29) is 12.0 Å². The molecule has 0 bridgehead atoms. The van der Waals surface area contributed by atoms with Crippen LogP contribution in [0.5, 0.6) is 0 Å². The number of nitriles is 1. The minimum absolute atomic E-state index is 0.000000000000000222. The summed E-state index contributed by atoms with van der Waals surface area (Å²) >= 11 is 0. The van der Waals surface area contributed by atoms with E-state index in [0.29, 0.717) is 0 Å². The summed E-state index contributed by atoms with van der Waals surface area (Å²) in [4.78, 5) is 0. The summed E-state index contributed by atoms with van der Waals surface area (Å²) in [5.41, 5.74) is 0. The van der Waals surface area contributed by atoms with Crippen molar-refractivity contribution in [3.8, 4) is 6.07 Å². The van der Waals surface area contributed by atoms with E-state index in [2.05, 4.69) is 6.07 Å². The normalized spacial score (nSPS) is 16.8. The number of hydrogen-bond donors (Lipinski definition) is 0. The molecule has 0 saturated carbocycles. The molecule has 0 fully saturated rings. The van der Waals surface area contributed by atoms with Crippen molar-refractivity contribution in [1.29, 1.82) is 5.26 Å². The van der Waals surface area contributed by atoms with Crippen LogP contribution in [0.2, 0.25) is 0 Å². The van der Waals surface area contributed by atoms with Gasteiger partial charge in [0.2, 0.25) is 0 Å². The van der Waals surface area contributed by atoms with Gasteiger partial charge in [-0.05, 0) is 13.8 Å². The third kappa shape index (κ3) is 1.94. The predicted octanol–water partition coefficient (Wildman–Crippen LogP) is 1.18. The third-order valence-corrected chi connectivity index (χ3v) is 1.28. The van der Waals surface area contributed by atoms with Crippen LogP contribution in [0.4, 0.5) is 0 Å². The molecule has 0 rings (SSSR count). The van der Waals surface area contributed by atoms with E-state index in [1.807, 2.05) is 13.8 Å². The number of hydrogen-bond acceptors (Lipinski definition) is 2. The van der Waals surface area contributed by atoms with Crippen LogP contribution in [0, 0.1) is 17.2 Å². The lowest BCUT2D eigenvalue weighted by Gasteiger charge is -2.09. The zero-order chi connectivity index (χ0) is 6.57. The third-order valence-electron chi connectivity index (χ3n) is 1.28. The Morgan fingerprint density at radius 3 is 2.12 bits per heavy atom. The molecule has 0 N–H and O–H groups in total. The number of ether oxygens (including phenoxy) is 1. The van der Waals surface area contributed by atoms with Crippen molar-refractivity contribution in [2.75, 3.05) is 7.11 Å². The summed E-state index contributed by atoms with van der Waals surface area (Å²) in [7, 11) is 1.61. The van der Waals surface area contributed by atoms with Gasteiger partial charge in [-0.15, -0.1) is 0 Å². The Hall–Kier alpha value is -0.550. The van der Waals surface area contributed by atoms with E-state index in [9.17, 15) is 0 Å². The first-order valence-electron chi connectivity index (χ1n) is 2.64. The Morgan fingerprint density at radius 1 is 1.50 bits per heavy atom. The second-order valence-electron chi connectivity index (χ2n) is 1.86. The summed E-state index contributed by atoms with van der Waals surface area (Å²) in [6.07, 6.45) is 0.0556. The molecule has 0 aromatic rings. The zero-order valence-corrected chi connectivity index (χ0v) is 5.51.